The lowest BCUT2D eigenvalue weighted by molar-refractivity contribution is -0.136. The fourth-order valence-electron chi connectivity index (χ4n) is 3.65. The van der Waals surface area contributed by atoms with E-state index >= 15 is 0 Å². The number of ether oxygens (including phenoxy) is 1. The Labute approximate surface area is 255 Å². The number of nitrogens with zero attached hydrogens (tertiary/aromatic N) is 1. The fourth-order valence-corrected chi connectivity index (χ4v) is 3.94. The van der Waals surface area contributed by atoms with E-state index in [9.17, 15) is 14.4 Å². The Morgan fingerprint density at radius 2 is 1.56 bits per heavy atom. The van der Waals surface area contributed by atoms with Gasteiger partial charge in [-0.15, -0.1) is 0 Å². The summed E-state index contributed by atoms with van der Waals surface area (Å²) in [4.78, 5) is 37.6. The van der Waals surface area contributed by atoms with Crippen LogP contribution in [-0.2, 0) is 20.8 Å². The van der Waals surface area contributed by atoms with E-state index in [4.69, 9.17) is 27.9 Å². The molecule has 0 aliphatic carbocycles. The van der Waals surface area contributed by atoms with Gasteiger partial charge in [0, 0.05) is 23.6 Å². The van der Waals surface area contributed by atoms with Gasteiger partial charge in [-0.3, -0.25) is 14.4 Å². The van der Waals surface area contributed by atoms with Crippen LogP contribution < -0.4 is 20.7 Å². The minimum absolute atomic E-state index is 0.0984. The molecule has 0 unspecified atom stereocenters. The third-order valence-corrected chi connectivity index (χ3v) is 6.32. The van der Waals surface area contributed by atoms with Gasteiger partial charge in [-0.2, -0.15) is 0 Å². The lowest BCUT2D eigenvalue weighted by atomic mass is 10.1. The summed E-state index contributed by atoms with van der Waals surface area (Å²) in [5, 5.41) is 9.91. The maximum atomic E-state index is 12.4. The van der Waals surface area contributed by atoms with Crippen LogP contribution in [0.1, 0.15) is 57.6 Å². The molecule has 3 rings (SSSR count). The zero-order valence-electron chi connectivity index (χ0n) is 25.0. The Kier molecular flexibility index (Phi) is 18.5. The van der Waals surface area contributed by atoms with Crippen LogP contribution in [0.15, 0.2) is 42.5 Å². The van der Waals surface area contributed by atoms with E-state index < -0.39 is 6.04 Å². The summed E-state index contributed by atoms with van der Waals surface area (Å²) in [7, 11) is 1.57. The van der Waals surface area contributed by atoms with Crippen molar-refractivity contribution in [3.8, 4) is 5.75 Å². The maximum Gasteiger partial charge on any atom is 0.240 e. The van der Waals surface area contributed by atoms with Crippen molar-refractivity contribution in [1.29, 1.82) is 0 Å². The van der Waals surface area contributed by atoms with Gasteiger partial charge < -0.3 is 25.6 Å². The summed E-state index contributed by atoms with van der Waals surface area (Å²) in [6.45, 7) is 9.46. The first-order valence-corrected chi connectivity index (χ1v) is 15.0. The quantitative estimate of drug-likeness (QED) is 0.383. The van der Waals surface area contributed by atoms with E-state index in [0.717, 1.165) is 42.0 Å². The van der Waals surface area contributed by atoms with E-state index in [0.29, 0.717) is 24.7 Å². The van der Waals surface area contributed by atoms with Gasteiger partial charge in [0.25, 0.3) is 0 Å². The van der Waals surface area contributed by atoms with Crippen molar-refractivity contribution in [2.75, 3.05) is 39.8 Å². The van der Waals surface area contributed by atoms with Crippen LogP contribution in [0.3, 0.4) is 0 Å². The molecule has 41 heavy (non-hydrogen) atoms. The van der Waals surface area contributed by atoms with Crippen LogP contribution in [0.5, 0.6) is 5.75 Å². The molecule has 0 aromatic heterocycles. The van der Waals surface area contributed by atoms with Crippen molar-refractivity contribution in [3.63, 3.8) is 0 Å². The minimum Gasteiger partial charge on any atom is -0.493 e. The van der Waals surface area contributed by atoms with E-state index in [1.54, 1.807) is 14.0 Å². The molecule has 0 saturated carbocycles. The van der Waals surface area contributed by atoms with Gasteiger partial charge in [0.2, 0.25) is 17.7 Å². The largest absolute Gasteiger partial charge is 0.493 e. The summed E-state index contributed by atoms with van der Waals surface area (Å²) in [6, 6.07) is 12.9. The zero-order chi connectivity index (χ0) is 30.6. The molecule has 1 atom stereocenters. The molecular formula is C31H46Cl2N4O4. The maximum absolute atomic E-state index is 12.4. The first-order chi connectivity index (χ1) is 19.6. The Bertz CT molecular complexity index is 1050. The highest BCUT2D eigenvalue weighted by Gasteiger charge is 2.19. The van der Waals surface area contributed by atoms with Gasteiger partial charge in [0.05, 0.1) is 25.7 Å². The summed E-state index contributed by atoms with van der Waals surface area (Å²) < 4.78 is 5.92. The number of carbonyl (C=O) groups is 3. The topological polar surface area (TPSA) is 99.8 Å². The lowest BCUT2D eigenvalue weighted by Gasteiger charge is -2.22. The number of hydrogen-bond donors (Lipinski definition) is 3. The number of halogens is 2. The van der Waals surface area contributed by atoms with Crippen molar-refractivity contribution in [2.24, 2.45) is 0 Å². The number of benzene rings is 2. The summed E-state index contributed by atoms with van der Waals surface area (Å²) >= 11 is 11.7. The number of rotatable bonds is 0. The first-order valence-electron chi connectivity index (χ1n) is 14.2. The molecule has 3 N–H and O–H groups in total. The molecule has 2 aromatic rings. The number of fused-ring (bicyclic) bond motifs is 1. The number of nitrogens with one attached hydrogen (secondary N) is 3. The standard InChI is InChI=1S/C21H31ClN4O4.C7H7Cl.C3H8/c1-15-21(29)26(2)14-20(28)25-13-19(27)24-9-4-3-6-16-7-8-17(22)12-18(16)30-11-5-10-23-15;1-6-2-4-7(8)5-3-6;1-3-2/h7-8,12,15,23H,3-6,9-11,13-14H2,1-2H3,(H,24,27)(H,25,28);2-5H,1H3;3H2,1-2H3/t15-;;/m0../s1. The predicted octanol–water partition coefficient (Wildman–Crippen LogP) is 5.18. The summed E-state index contributed by atoms with van der Waals surface area (Å²) in [6.07, 6.45) is 4.48. The lowest BCUT2D eigenvalue weighted by Crippen LogP contribution is -2.48. The van der Waals surface area contributed by atoms with E-state index in [2.05, 4.69) is 29.8 Å². The highest BCUT2D eigenvalue weighted by molar-refractivity contribution is 6.30. The van der Waals surface area contributed by atoms with Crippen LogP contribution in [0.2, 0.25) is 10.0 Å². The van der Waals surface area contributed by atoms with Crippen LogP contribution in [0.25, 0.3) is 0 Å². The molecule has 0 bridgehead atoms. The molecular weight excluding hydrogens is 563 g/mol. The number of carbonyl (C=O) groups excluding carboxylic acids is 3. The number of amides is 3. The normalized spacial score (nSPS) is 17.7. The monoisotopic (exact) mass is 608 g/mol. The van der Waals surface area contributed by atoms with Crippen LogP contribution >= 0.6 is 23.2 Å². The van der Waals surface area contributed by atoms with E-state index in [1.807, 2.05) is 49.4 Å². The third-order valence-electron chi connectivity index (χ3n) is 5.84. The zero-order valence-corrected chi connectivity index (χ0v) is 26.5. The number of hydrogen-bond acceptors (Lipinski definition) is 5. The third kappa shape index (κ3) is 16.3. The minimum atomic E-state index is -0.432. The molecule has 228 valence electrons. The molecule has 10 heteroatoms. The molecule has 8 nitrogen and oxygen atoms in total. The number of likely N-dealkylation sites (N-methyl/N-ethyl adjacent to an activating group) is 1. The molecule has 1 heterocycles. The van der Waals surface area contributed by atoms with Crippen molar-refractivity contribution in [2.45, 2.75) is 65.8 Å². The molecule has 3 amide bonds. The van der Waals surface area contributed by atoms with Crippen molar-refractivity contribution in [1.82, 2.24) is 20.9 Å². The van der Waals surface area contributed by atoms with Crippen molar-refractivity contribution in [3.05, 3.63) is 63.6 Å². The molecule has 0 radical (unpaired) electrons. The average molecular weight is 610 g/mol. The van der Waals surface area contributed by atoms with Gasteiger partial charge in [-0.05, 0) is 75.9 Å². The second-order valence-corrected chi connectivity index (χ2v) is 10.8. The molecule has 0 spiro atoms. The second-order valence-electron chi connectivity index (χ2n) is 9.91. The Balaban J connectivity index is 0.000000638. The van der Waals surface area contributed by atoms with Crippen molar-refractivity contribution < 1.29 is 19.1 Å². The first kappa shape index (κ1) is 36.2. The van der Waals surface area contributed by atoms with Crippen LogP contribution in [0.4, 0.5) is 0 Å². The molecule has 0 fully saturated rings. The van der Waals surface area contributed by atoms with Gasteiger partial charge in [0.1, 0.15) is 5.75 Å². The molecule has 0 saturated heterocycles. The van der Waals surface area contributed by atoms with Gasteiger partial charge in [-0.1, -0.05) is 67.2 Å². The Morgan fingerprint density at radius 3 is 2.22 bits per heavy atom. The number of aryl methyl sites for hydroxylation is 2. The molecule has 1 aliphatic rings. The Morgan fingerprint density at radius 1 is 0.902 bits per heavy atom. The van der Waals surface area contributed by atoms with Crippen LogP contribution in [-0.4, -0.2) is 68.5 Å². The van der Waals surface area contributed by atoms with Gasteiger partial charge >= 0.3 is 0 Å². The Hall–Kier alpha value is -2.81. The van der Waals surface area contributed by atoms with Crippen LogP contribution in [0, 0.1) is 6.92 Å². The molecule has 1 aliphatic heterocycles. The van der Waals surface area contributed by atoms with E-state index in [1.165, 1.54) is 16.9 Å². The predicted molar refractivity (Wildman–Crippen MR) is 168 cm³/mol. The highest BCUT2D eigenvalue weighted by atomic mass is 35.5. The van der Waals surface area contributed by atoms with E-state index in [-0.39, 0.29) is 30.8 Å². The average Bonchev–Trinajstić information content (AvgIpc) is 2.93. The van der Waals surface area contributed by atoms with Gasteiger partial charge in [0.15, 0.2) is 0 Å². The fraction of sp³-hybridized carbons (Fsp3) is 0.516. The summed E-state index contributed by atoms with van der Waals surface area (Å²) in [5.41, 5.74) is 2.32. The second kappa shape index (κ2) is 21.0. The molecule has 2 aromatic carbocycles. The van der Waals surface area contributed by atoms with Gasteiger partial charge in [-0.25, -0.2) is 0 Å². The highest BCUT2D eigenvalue weighted by Crippen LogP contribution is 2.25. The smallest absolute Gasteiger partial charge is 0.240 e. The summed E-state index contributed by atoms with van der Waals surface area (Å²) in [5.74, 6) is -0.0434. The van der Waals surface area contributed by atoms with Crippen molar-refractivity contribution >= 4 is 40.9 Å². The SMILES string of the molecule is CCC.C[C@@H]1NCCCOc2cc(Cl)ccc2CCCCNC(=O)CNC(=O)CN(C)C1=O.Cc1ccc(Cl)cc1.